The van der Waals surface area contributed by atoms with Gasteiger partial charge >= 0.3 is 0 Å². The van der Waals surface area contributed by atoms with Crippen molar-refractivity contribution in [2.45, 2.75) is 63.5 Å². The van der Waals surface area contributed by atoms with Gasteiger partial charge in [0, 0.05) is 25.0 Å². The molecular weight excluding hydrogens is 462 g/mol. The monoisotopic (exact) mass is 494 g/mol. The zero-order valence-electron chi connectivity index (χ0n) is 19.8. The van der Waals surface area contributed by atoms with Crippen LogP contribution in [0.1, 0.15) is 45.6 Å². The maximum Gasteiger partial charge on any atom is 0.246 e. The van der Waals surface area contributed by atoms with E-state index >= 15 is 0 Å². The summed E-state index contributed by atoms with van der Waals surface area (Å²) in [5.74, 6) is -1.41. The SMILES string of the molecule is CC(CCc1ccc(OC(C)C)cc1)NC(=O)C1CCN(S(=O)(=O)c2cc(F)ccc2F)CC1. The van der Waals surface area contributed by atoms with Crippen LogP contribution in [0.5, 0.6) is 5.75 Å². The number of nitrogens with zero attached hydrogens (tertiary/aromatic N) is 1. The molecule has 2 aromatic rings. The van der Waals surface area contributed by atoms with Crippen LogP contribution in [-0.2, 0) is 21.2 Å². The fraction of sp³-hybridized carbons (Fsp3) is 0.480. The molecule has 2 aromatic carbocycles. The van der Waals surface area contributed by atoms with E-state index in [1.54, 1.807) is 0 Å². The van der Waals surface area contributed by atoms with Crippen molar-refractivity contribution in [3.8, 4) is 5.75 Å². The van der Waals surface area contributed by atoms with Gasteiger partial charge in [-0.15, -0.1) is 0 Å². The van der Waals surface area contributed by atoms with Crippen LogP contribution >= 0.6 is 0 Å². The third kappa shape index (κ3) is 6.76. The number of hydrogen-bond acceptors (Lipinski definition) is 4. The molecule has 3 rings (SSSR count). The van der Waals surface area contributed by atoms with E-state index in [9.17, 15) is 22.0 Å². The lowest BCUT2D eigenvalue weighted by Crippen LogP contribution is -2.45. The van der Waals surface area contributed by atoms with Crippen molar-refractivity contribution >= 4 is 15.9 Å². The van der Waals surface area contributed by atoms with Gasteiger partial charge in [0.05, 0.1) is 6.10 Å². The summed E-state index contributed by atoms with van der Waals surface area (Å²) in [5.41, 5.74) is 1.15. The quantitative estimate of drug-likeness (QED) is 0.564. The first-order valence-corrected chi connectivity index (χ1v) is 13.0. The Balaban J connectivity index is 1.47. The van der Waals surface area contributed by atoms with E-state index in [1.165, 1.54) is 0 Å². The first-order chi connectivity index (χ1) is 16.1. The second kappa shape index (κ2) is 11.3. The third-order valence-electron chi connectivity index (χ3n) is 5.89. The summed E-state index contributed by atoms with van der Waals surface area (Å²) in [4.78, 5) is 12.0. The number of hydrogen-bond donors (Lipinski definition) is 1. The molecule has 1 aliphatic heterocycles. The summed E-state index contributed by atoms with van der Waals surface area (Å²) in [6.45, 7) is 6.06. The molecule has 6 nitrogen and oxygen atoms in total. The van der Waals surface area contributed by atoms with E-state index in [0.717, 1.165) is 40.6 Å². The number of piperidine rings is 1. The fourth-order valence-electron chi connectivity index (χ4n) is 4.00. The molecule has 1 atom stereocenters. The van der Waals surface area contributed by atoms with Gasteiger partial charge < -0.3 is 10.1 Å². The molecule has 1 N–H and O–H groups in total. The largest absolute Gasteiger partial charge is 0.491 e. The predicted octanol–water partition coefficient (Wildman–Crippen LogP) is 4.29. The first kappa shape index (κ1) is 26.1. The molecular formula is C25H32F2N2O4S. The van der Waals surface area contributed by atoms with E-state index in [-0.39, 0.29) is 37.1 Å². The minimum Gasteiger partial charge on any atom is -0.491 e. The Morgan fingerprint density at radius 3 is 2.35 bits per heavy atom. The minimum atomic E-state index is -4.16. The molecule has 0 spiro atoms. The number of carbonyl (C=O) groups is 1. The molecule has 186 valence electrons. The van der Waals surface area contributed by atoms with E-state index in [4.69, 9.17) is 4.74 Å². The molecule has 1 unspecified atom stereocenters. The van der Waals surface area contributed by atoms with Crippen molar-refractivity contribution in [3.63, 3.8) is 0 Å². The van der Waals surface area contributed by atoms with Crippen molar-refractivity contribution < 1.29 is 26.7 Å². The van der Waals surface area contributed by atoms with Crippen molar-refractivity contribution in [1.29, 1.82) is 0 Å². The maximum absolute atomic E-state index is 14.0. The second-order valence-corrected chi connectivity index (χ2v) is 10.9. The molecule has 0 bridgehead atoms. The van der Waals surface area contributed by atoms with Crippen LogP contribution in [0.25, 0.3) is 0 Å². The Hall–Kier alpha value is -2.52. The Morgan fingerprint density at radius 1 is 1.09 bits per heavy atom. The van der Waals surface area contributed by atoms with E-state index < -0.39 is 26.6 Å². The number of amides is 1. The lowest BCUT2D eigenvalue weighted by molar-refractivity contribution is -0.126. The lowest BCUT2D eigenvalue weighted by Gasteiger charge is -2.31. The zero-order chi connectivity index (χ0) is 24.9. The number of ether oxygens (including phenoxy) is 1. The Bertz CT molecular complexity index is 1080. The van der Waals surface area contributed by atoms with Crippen LogP contribution in [0.15, 0.2) is 47.4 Å². The van der Waals surface area contributed by atoms with Crippen molar-refractivity contribution in [1.82, 2.24) is 9.62 Å². The van der Waals surface area contributed by atoms with Gasteiger partial charge in [0.1, 0.15) is 22.3 Å². The molecule has 1 heterocycles. The topological polar surface area (TPSA) is 75.7 Å². The summed E-state index contributed by atoms with van der Waals surface area (Å²) >= 11 is 0. The average Bonchev–Trinajstić information content (AvgIpc) is 2.80. The molecule has 1 fully saturated rings. The maximum atomic E-state index is 14.0. The van der Waals surface area contributed by atoms with Gasteiger partial charge in [-0.2, -0.15) is 4.31 Å². The predicted molar refractivity (Wildman–Crippen MR) is 126 cm³/mol. The lowest BCUT2D eigenvalue weighted by atomic mass is 9.96. The molecule has 1 aliphatic rings. The van der Waals surface area contributed by atoms with Crippen molar-refractivity contribution in [3.05, 3.63) is 59.7 Å². The van der Waals surface area contributed by atoms with Gasteiger partial charge in [-0.3, -0.25) is 4.79 Å². The third-order valence-corrected chi connectivity index (χ3v) is 7.80. The standard InChI is InChI=1S/C25H32F2N2O4S/c1-17(2)33-22-9-6-19(7-10-22)5-4-18(3)28-25(30)20-12-14-29(15-13-20)34(31,32)24-16-21(26)8-11-23(24)27/h6-11,16-18,20H,4-5,12-15H2,1-3H3,(H,28,30). The number of carbonyl (C=O) groups excluding carboxylic acids is 1. The Labute approximate surface area is 200 Å². The summed E-state index contributed by atoms with van der Waals surface area (Å²) in [6, 6.07) is 10.2. The van der Waals surface area contributed by atoms with Gasteiger partial charge in [0.25, 0.3) is 0 Å². The minimum absolute atomic E-state index is 0.0396. The van der Waals surface area contributed by atoms with E-state index in [0.29, 0.717) is 18.9 Å². The molecule has 1 amide bonds. The average molecular weight is 495 g/mol. The van der Waals surface area contributed by atoms with E-state index in [1.807, 2.05) is 45.0 Å². The number of nitrogens with one attached hydrogen (secondary N) is 1. The fourth-order valence-corrected chi connectivity index (χ4v) is 5.54. The van der Waals surface area contributed by atoms with Crippen LogP contribution in [0, 0.1) is 17.6 Å². The van der Waals surface area contributed by atoms with Crippen LogP contribution in [0.2, 0.25) is 0 Å². The second-order valence-electron chi connectivity index (χ2n) is 9.01. The molecule has 0 aromatic heterocycles. The normalized spacial score (nSPS) is 16.4. The Kier molecular flexibility index (Phi) is 8.65. The van der Waals surface area contributed by atoms with Crippen LogP contribution < -0.4 is 10.1 Å². The Morgan fingerprint density at radius 2 is 1.74 bits per heavy atom. The summed E-state index contributed by atoms with van der Waals surface area (Å²) in [7, 11) is -4.16. The van der Waals surface area contributed by atoms with Crippen LogP contribution in [0.4, 0.5) is 8.78 Å². The van der Waals surface area contributed by atoms with Crippen molar-refractivity contribution in [2.75, 3.05) is 13.1 Å². The van der Waals surface area contributed by atoms with Gasteiger partial charge in [0.15, 0.2) is 0 Å². The number of aryl methyl sites for hydroxylation is 1. The molecule has 0 radical (unpaired) electrons. The van der Waals surface area contributed by atoms with Gasteiger partial charge in [-0.25, -0.2) is 17.2 Å². The highest BCUT2D eigenvalue weighted by Gasteiger charge is 2.34. The molecule has 0 aliphatic carbocycles. The van der Waals surface area contributed by atoms with Crippen LogP contribution in [-0.4, -0.2) is 43.9 Å². The highest BCUT2D eigenvalue weighted by atomic mass is 32.2. The summed E-state index contributed by atoms with van der Waals surface area (Å²) < 4.78 is 59.7. The molecule has 1 saturated heterocycles. The van der Waals surface area contributed by atoms with Crippen LogP contribution in [0.3, 0.4) is 0 Å². The van der Waals surface area contributed by atoms with Gasteiger partial charge in [0.2, 0.25) is 15.9 Å². The van der Waals surface area contributed by atoms with E-state index in [2.05, 4.69) is 5.32 Å². The molecule has 9 heteroatoms. The van der Waals surface area contributed by atoms with Crippen molar-refractivity contribution in [2.24, 2.45) is 5.92 Å². The number of benzene rings is 2. The number of sulfonamides is 1. The van der Waals surface area contributed by atoms with Gasteiger partial charge in [-0.05, 0) is 82.3 Å². The smallest absolute Gasteiger partial charge is 0.246 e. The zero-order valence-corrected chi connectivity index (χ0v) is 20.6. The highest BCUT2D eigenvalue weighted by molar-refractivity contribution is 7.89. The van der Waals surface area contributed by atoms with Gasteiger partial charge in [-0.1, -0.05) is 12.1 Å². The highest BCUT2D eigenvalue weighted by Crippen LogP contribution is 2.26. The molecule has 34 heavy (non-hydrogen) atoms. The summed E-state index contributed by atoms with van der Waals surface area (Å²) in [5, 5.41) is 3.02. The number of rotatable bonds is 9. The summed E-state index contributed by atoms with van der Waals surface area (Å²) in [6.07, 6.45) is 2.34. The molecule has 0 saturated carbocycles. The number of halogens is 2. The first-order valence-electron chi connectivity index (χ1n) is 11.6.